The van der Waals surface area contributed by atoms with E-state index in [-0.39, 0.29) is 23.5 Å². The fourth-order valence-corrected chi connectivity index (χ4v) is 4.73. The number of ether oxygens (including phenoxy) is 3. The van der Waals surface area contributed by atoms with Crippen LogP contribution in [0.2, 0.25) is 18.1 Å². The maximum absolute atomic E-state index is 6.62. The summed E-state index contributed by atoms with van der Waals surface area (Å²) in [6.45, 7) is 18.9. The molecule has 0 bridgehead atoms. The van der Waals surface area contributed by atoms with E-state index in [1.165, 1.54) is 0 Å². The van der Waals surface area contributed by atoms with Crippen LogP contribution in [0.25, 0.3) is 0 Å². The predicted octanol–water partition coefficient (Wildman–Crippen LogP) is 6.18. The molecule has 1 unspecified atom stereocenters. The Balaban J connectivity index is 1.98. The number of rotatable bonds is 7. The van der Waals surface area contributed by atoms with Crippen LogP contribution in [0, 0.1) is 11.8 Å². The van der Waals surface area contributed by atoms with Crippen molar-refractivity contribution < 1.29 is 18.6 Å². The molecule has 0 amide bonds. The van der Waals surface area contributed by atoms with Crippen molar-refractivity contribution in [3.63, 3.8) is 0 Å². The van der Waals surface area contributed by atoms with Crippen LogP contribution in [0.5, 0.6) is 5.75 Å². The third-order valence-corrected chi connectivity index (χ3v) is 11.1. The van der Waals surface area contributed by atoms with Crippen molar-refractivity contribution in [2.24, 2.45) is 11.8 Å². The van der Waals surface area contributed by atoms with Gasteiger partial charge in [0, 0.05) is 17.6 Å². The maximum atomic E-state index is 6.62. The third kappa shape index (κ3) is 5.82. The first-order valence-electron chi connectivity index (χ1n) is 10.5. The van der Waals surface area contributed by atoms with E-state index in [1.807, 2.05) is 24.3 Å². The van der Waals surface area contributed by atoms with Gasteiger partial charge in [-0.25, -0.2) is 0 Å². The van der Waals surface area contributed by atoms with Crippen LogP contribution in [0.1, 0.15) is 59.8 Å². The number of hydrogen-bond acceptors (Lipinski definition) is 4. The lowest BCUT2D eigenvalue weighted by molar-refractivity contribution is -0.242. The number of benzene rings is 1. The zero-order chi connectivity index (χ0) is 21.1. The lowest BCUT2D eigenvalue weighted by atomic mass is 9.91. The average Bonchev–Trinajstić information content (AvgIpc) is 2.62. The Morgan fingerprint density at radius 1 is 1.14 bits per heavy atom. The molecule has 5 atom stereocenters. The zero-order valence-corrected chi connectivity index (χ0v) is 20.2. The molecule has 0 radical (unpaired) electrons. The van der Waals surface area contributed by atoms with Gasteiger partial charge in [-0.15, -0.1) is 0 Å². The highest BCUT2D eigenvalue weighted by molar-refractivity contribution is 6.74. The number of hydrogen-bond donors (Lipinski definition) is 0. The number of methoxy groups -OCH3 is 1. The molecule has 4 nitrogen and oxygen atoms in total. The molecule has 1 aliphatic rings. The second-order valence-corrected chi connectivity index (χ2v) is 14.6. The second kappa shape index (κ2) is 9.29. The van der Waals surface area contributed by atoms with Crippen molar-refractivity contribution in [1.29, 1.82) is 0 Å². The molecule has 1 fully saturated rings. The zero-order valence-electron chi connectivity index (χ0n) is 19.2. The minimum absolute atomic E-state index is 0.168. The molecule has 1 heterocycles. The molecule has 28 heavy (non-hydrogen) atoms. The standard InChI is InChI=1S/C23H40O4Si/c1-16(18(3)27-28(8,9)23(4,5)6)14-21-17(2)15-25-22(26-21)19-10-12-20(24-7)13-11-19/h10-13,16-18,21-22H,14-15H2,1-9H3/t16-,17+,18-,21-,22?/m0/s1. The summed E-state index contributed by atoms with van der Waals surface area (Å²) >= 11 is 0. The molecule has 5 heteroatoms. The van der Waals surface area contributed by atoms with Crippen molar-refractivity contribution in [3.05, 3.63) is 29.8 Å². The first-order valence-corrected chi connectivity index (χ1v) is 13.4. The van der Waals surface area contributed by atoms with E-state index in [1.54, 1.807) is 7.11 Å². The van der Waals surface area contributed by atoms with Gasteiger partial charge in [-0.05, 0) is 49.5 Å². The van der Waals surface area contributed by atoms with E-state index >= 15 is 0 Å². The minimum Gasteiger partial charge on any atom is -0.497 e. The Hall–Kier alpha value is -0.883. The fourth-order valence-electron chi connectivity index (χ4n) is 3.22. The smallest absolute Gasteiger partial charge is 0.192 e. The van der Waals surface area contributed by atoms with Crippen molar-refractivity contribution in [2.45, 2.75) is 84.6 Å². The average molecular weight is 409 g/mol. The summed E-state index contributed by atoms with van der Waals surface area (Å²) < 4.78 is 24.2. The minimum atomic E-state index is -1.77. The van der Waals surface area contributed by atoms with E-state index < -0.39 is 8.32 Å². The highest BCUT2D eigenvalue weighted by Crippen LogP contribution is 2.39. The monoisotopic (exact) mass is 408 g/mol. The molecule has 1 aromatic carbocycles. The van der Waals surface area contributed by atoms with Gasteiger partial charge in [-0.3, -0.25) is 0 Å². The van der Waals surface area contributed by atoms with Gasteiger partial charge in [0.25, 0.3) is 0 Å². The van der Waals surface area contributed by atoms with E-state index in [9.17, 15) is 0 Å². The Morgan fingerprint density at radius 3 is 2.29 bits per heavy atom. The van der Waals surface area contributed by atoms with Crippen molar-refractivity contribution in [2.75, 3.05) is 13.7 Å². The molecule has 0 aromatic heterocycles. The Morgan fingerprint density at radius 2 is 1.75 bits per heavy atom. The van der Waals surface area contributed by atoms with E-state index in [2.05, 4.69) is 54.6 Å². The lowest BCUT2D eigenvalue weighted by Gasteiger charge is -2.41. The molecular weight excluding hydrogens is 368 g/mol. The van der Waals surface area contributed by atoms with Crippen molar-refractivity contribution in [1.82, 2.24) is 0 Å². The Bertz CT molecular complexity index is 608. The molecule has 0 aliphatic carbocycles. The van der Waals surface area contributed by atoms with Gasteiger partial charge in [0.2, 0.25) is 0 Å². The van der Waals surface area contributed by atoms with Gasteiger partial charge in [0.1, 0.15) is 5.75 Å². The van der Waals surface area contributed by atoms with Crippen LogP contribution in [0.4, 0.5) is 0 Å². The molecule has 1 aromatic rings. The molecule has 0 N–H and O–H groups in total. The maximum Gasteiger partial charge on any atom is 0.192 e. The molecule has 160 valence electrons. The summed E-state index contributed by atoms with van der Waals surface area (Å²) in [4.78, 5) is 0. The summed E-state index contributed by atoms with van der Waals surface area (Å²) in [6, 6.07) is 7.94. The van der Waals surface area contributed by atoms with Gasteiger partial charge < -0.3 is 18.6 Å². The van der Waals surface area contributed by atoms with Gasteiger partial charge in [0.05, 0.1) is 19.8 Å². The summed E-state index contributed by atoms with van der Waals surface area (Å²) in [5.74, 6) is 1.64. The summed E-state index contributed by atoms with van der Waals surface area (Å²) in [5.41, 5.74) is 1.04. The molecule has 0 spiro atoms. The third-order valence-electron chi connectivity index (χ3n) is 6.52. The van der Waals surface area contributed by atoms with Gasteiger partial charge >= 0.3 is 0 Å². The quantitative estimate of drug-likeness (QED) is 0.505. The molecule has 1 aliphatic heterocycles. The summed E-state index contributed by atoms with van der Waals surface area (Å²) in [6.07, 6.45) is 1.06. The van der Waals surface area contributed by atoms with E-state index in [4.69, 9.17) is 18.6 Å². The molecule has 1 saturated heterocycles. The van der Waals surface area contributed by atoms with Crippen LogP contribution in [-0.2, 0) is 13.9 Å². The van der Waals surface area contributed by atoms with Gasteiger partial charge in [-0.2, -0.15) is 0 Å². The summed E-state index contributed by atoms with van der Waals surface area (Å²) in [5, 5.41) is 0.225. The van der Waals surface area contributed by atoms with E-state index in [0.717, 1.165) is 17.7 Å². The van der Waals surface area contributed by atoms with Crippen LogP contribution in [-0.4, -0.2) is 34.2 Å². The fraction of sp³-hybridized carbons (Fsp3) is 0.739. The van der Waals surface area contributed by atoms with E-state index in [0.29, 0.717) is 18.4 Å². The second-order valence-electron chi connectivity index (χ2n) is 9.89. The van der Waals surface area contributed by atoms with Crippen LogP contribution in [0.3, 0.4) is 0 Å². The summed E-state index contributed by atoms with van der Waals surface area (Å²) in [7, 11) is -0.0908. The SMILES string of the molecule is COc1ccc(C2OC[C@@H](C)[C@H](C[C@H](C)[C@H](C)O[Si](C)(C)C(C)(C)C)O2)cc1. The Kier molecular flexibility index (Phi) is 7.76. The first-order chi connectivity index (χ1) is 12.9. The highest BCUT2D eigenvalue weighted by atomic mass is 28.4. The predicted molar refractivity (Wildman–Crippen MR) is 117 cm³/mol. The van der Waals surface area contributed by atoms with Crippen LogP contribution in [0.15, 0.2) is 24.3 Å². The molecule has 0 saturated carbocycles. The highest BCUT2D eigenvalue weighted by Gasteiger charge is 2.40. The normalized spacial score (nSPS) is 26.0. The molecule has 2 rings (SSSR count). The largest absolute Gasteiger partial charge is 0.497 e. The lowest BCUT2D eigenvalue weighted by Crippen LogP contribution is -2.45. The van der Waals surface area contributed by atoms with Crippen molar-refractivity contribution >= 4 is 8.32 Å². The topological polar surface area (TPSA) is 36.9 Å². The van der Waals surface area contributed by atoms with Crippen LogP contribution < -0.4 is 4.74 Å². The van der Waals surface area contributed by atoms with Crippen molar-refractivity contribution in [3.8, 4) is 5.75 Å². The Labute approximate surface area is 173 Å². The van der Waals surface area contributed by atoms with Gasteiger partial charge in [0.15, 0.2) is 14.6 Å². The first kappa shape index (κ1) is 23.4. The van der Waals surface area contributed by atoms with Gasteiger partial charge in [-0.1, -0.05) is 46.8 Å². The van der Waals surface area contributed by atoms with Crippen LogP contribution >= 0.6 is 0 Å². The molecular formula is C23H40O4Si.